The molecule has 2 bridgehead atoms. The van der Waals surface area contributed by atoms with Crippen LogP contribution in [0.25, 0.3) is 0 Å². The van der Waals surface area contributed by atoms with Crippen molar-refractivity contribution in [3.8, 4) is 0 Å². The number of aryl methyl sites for hydroxylation is 2. The predicted molar refractivity (Wildman–Crippen MR) is 85.6 cm³/mol. The van der Waals surface area contributed by atoms with Gasteiger partial charge in [-0.25, -0.2) is 0 Å². The molecule has 3 aliphatic heterocycles. The molecule has 0 spiro atoms. The number of nitrogens with one attached hydrogen (secondary N) is 1. The fourth-order valence-electron chi connectivity index (χ4n) is 3.82. The lowest BCUT2D eigenvalue weighted by Crippen LogP contribution is -2.66. The highest BCUT2D eigenvalue weighted by atomic mass is 15.4. The van der Waals surface area contributed by atoms with Gasteiger partial charge in [0.05, 0.1) is 5.69 Å². The zero-order valence-electron chi connectivity index (χ0n) is 13.7. The maximum Gasteiger partial charge on any atom is 0.0624 e. The van der Waals surface area contributed by atoms with Crippen LogP contribution in [0.5, 0.6) is 0 Å². The second-order valence-corrected chi connectivity index (χ2v) is 6.30. The molecule has 5 nitrogen and oxygen atoms in total. The Bertz CT molecular complexity index is 461. The van der Waals surface area contributed by atoms with Crippen LogP contribution in [0.15, 0.2) is 6.07 Å². The fraction of sp³-hybridized carbons (Fsp3) is 0.812. The van der Waals surface area contributed by atoms with Gasteiger partial charge in [-0.05, 0) is 26.5 Å². The zero-order chi connectivity index (χ0) is 14.8. The van der Waals surface area contributed by atoms with E-state index in [0.717, 1.165) is 19.4 Å². The molecule has 0 amide bonds. The Morgan fingerprint density at radius 3 is 2.57 bits per heavy atom. The monoisotopic (exact) mass is 291 g/mol. The van der Waals surface area contributed by atoms with Crippen molar-refractivity contribution >= 4 is 0 Å². The molecule has 0 saturated carbocycles. The first-order chi connectivity index (χ1) is 10.2. The van der Waals surface area contributed by atoms with Crippen LogP contribution >= 0.6 is 0 Å². The third kappa shape index (κ3) is 3.00. The summed E-state index contributed by atoms with van der Waals surface area (Å²) in [4.78, 5) is 5.29. The highest BCUT2D eigenvalue weighted by Gasteiger charge is 2.36. The van der Waals surface area contributed by atoms with E-state index in [2.05, 4.69) is 46.8 Å². The van der Waals surface area contributed by atoms with Crippen molar-refractivity contribution in [2.24, 2.45) is 0 Å². The van der Waals surface area contributed by atoms with Gasteiger partial charge in [0.25, 0.3) is 0 Å². The summed E-state index contributed by atoms with van der Waals surface area (Å²) in [5.41, 5.74) is 2.60. The molecule has 118 valence electrons. The minimum absolute atomic E-state index is 0.514. The Hall–Kier alpha value is -0.910. The molecule has 3 fully saturated rings. The van der Waals surface area contributed by atoms with Crippen molar-refractivity contribution < 1.29 is 0 Å². The molecule has 1 aromatic heterocycles. The lowest BCUT2D eigenvalue weighted by molar-refractivity contribution is -0.00228. The molecule has 2 unspecified atom stereocenters. The van der Waals surface area contributed by atoms with Crippen LogP contribution in [0.2, 0.25) is 0 Å². The summed E-state index contributed by atoms with van der Waals surface area (Å²) in [6.07, 6.45) is 2.10. The molecule has 3 saturated heterocycles. The maximum absolute atomic E-state index is 4.69. The molecule has 21 heavy (non-hydrogen) atoms. The number of rotatable bonds is 6. The fourth-order valence-corrected chi connectivity index (χ4v) is 3.82. The lowest BCUT2D eigenvalue weighted by atomic mass is 9.96. The number of nitrogens with zero attached hydrogens (tertiary/aromatic N) is 4. The SMILES string of the molecule is CCc1cc(CC(NC)C2CN3CCN2CC3)n(CC)n1. The normalized spacial score (nSPS) is 29.8. The van der Waals surface area contributed by atoms with Gasteiger partial charge in [0.15, 0.2) is 0 Å². The maximum atomic E-state index is 4.69. The van der Waals surface area contributed by atoms with Crippen LogP contribution < -0.4 is 5.32 Å². The number of piperazine rings is 3. The van der Waals surface area contributed by atoms with Crippen molar-refractivity contribution in [2.45, 2.75) is 45.3 Å². The molecule has 0 radical (unpaired) electrons. The molecule has 4 rings (SSSR count). The van der Waals surface area contributed by atoms with Crippen LogP contribution in [0.3, 0.4) is 0 Å². The third-order valence-corrected chi connectivity index (χ3v) is 5.16. The van der Waals surface area contributed by atoms with Crippen LogP contribution in [0.1, 0.15) is 25.2 Å². The predicted octanol–water partition coefficient (Wildman–Crippen LogP) is 0.596. The van der Waals surface area contributed by atoms with E-state index in [1.807, 2.05) is 0 Å². The molecule has 1 aromatic rings. The van der Waals surface area contributed by atoms with Crippen molar-refractivity contribution in [1.82, 2.24) is 24.9 Å². The number of fused-ring (bicyclic) bond motifs is 3. The molecule has 0 aromatic carbocycles. The average Bonchev–Trinajstić information content (AvgIpc) is 2.95. The van der Waals surface area contributed by atoms with Crippen LogP contribution in [-0.4, -0.2) is 71.4 Å². The molecule has 4 heterocycles. The van der Waals surface area contributed by atoms with Gasteiger partial charge in [-0.2, -0.15) is 5.10 Å². The van der Waals surface area contributed by atoms with E-state index in [-0.39, 0.29) is 0 Å². The first kappa shape index (κ1) is 15.0. The van der Waals surface area contributed by atoms with E-state index in [1.54, 1.807) is 0 Å². The number of hydrogen-bond acceptors (Lipinski definition) is 4. The van der Waals surface area contributed by atoms with Crippen molar-refractivity contribution in [3.63, 3.8) is 0 Å². The minimum Gasteiger partial charge on any atom is -0.315 e. The van der Waals surface area contributed by atoms with Crippen LogP contribution in [0.4, 0.5) is 0 Å². The summed E-state index contributed by atoms with van der Waals surface area (Å²) < 4.78 is 2.18. The van der Waals surface area contributed by atoms with Gasteiger partial charge >= 0.3 is 0 Å². The highest BCUT2D eigenvalue weighted by Crippen LogP contribution is 2.20. The van der Waals surface area contributed by atoms with E-state index >= 15 is 0 Å². The van der Waals surface area contributed by atoms with E-state index in [9.17, 15) is 0 Å². The smallest absolute Gasteiger partial charge is 0.0624 e. The van der Waals surface area contributed by atoms with Crippen LogP contribution in [-0.2, 0) is 19.4 Å². The third-order valence-electron chi connectivity index (χ3n) is 5.16. The summed E-state index contributed by atoms with van der Waals surface area (Å²) in [5.74, 6) is 0. The van der Waals surface area contributed by atoms with Gasteiger partial charge < -0.3 is 5.32 Å². The first-order valence-electron chi connectivity index (χ1n) is 8.44. The van der Waals surface area contributed by atoms with E-state index in [1.165, 1.54) is 44.1 Å². The first-order valence-corrected chi connectivity index (χ1v) is 8.44. The summed E-state index contributed by atoms with van der Waals surface area (Å²) in [5, 5.41) is 8.27. The Morgan fingerprint density at radius 2 is 2.05 bits per heavy atom. The van der Waals surface area contributed by atoms with Gasteiger partial charge in [0, 0.05) is 63.5 Å². The minimum atomic E-state index is 0.514. The largest absolute Gasteiger partial charge is 0.315 e. The molecular formula is C16H29N5. The number of hydrogen-bond donors (Lipinski definition) is 1. The van der Waals surface area contributed by atoms with E-state index in [0.29, 0.717) is 12.1 Å². The van der Waals surface area contributed by atoms with E-state index in [4.69, 9.17) is 5.10 Å². The Morgan fingerprint density at radius 1 is 1.29 bits per heavy atom. The summed E-state index contributed by atoms with van der Waals surface area (Å²) >= 11 is 0. The van der Waals surface area contributed by atoms with Gasteiger partial charge in [0.1, 0.15) is 0 Å². The number of likely N-dealkylation sites (N-methyl/N-ethyl adjacent to an activating group) is 1. The highest BCUT2D eigenvalue weighted by molar-refractivity contribution is 5.13. The summed E-state index contributed by atoms with van der Waals surface area (Å²) in [6.45, 7) is 11.5. The summed E-state index contributed by atoms with van der Waals surface area (Å²) in [6, 6.07) is 3.45. The lowest BCUT2D eigenvalue weighted by Gasteiger charge is -2.50. The van der Waals surface area contributed by atoms with Crippen molar-refractivity contribution in [3.05, 3.63) is 17.5 Å². The Balaban J connectivity index is 1.73. The molecule has 3 aliphatic rings. The molecule has 0 aliphatic carbocycles. The standard InChI is InChI=1S/C16H29N5/c1-4-13-10-14(21(5-2)18-13)11-15(17-3)16-12-19-6-8-20(16)9-7-19/h10,15-17H,4-9,11-12H2,1-3H3. The molecule has 5 heteroatoms. The van der Waals surface area contributed by atoms with Gasteiger partial charge in [-0.15, -0.1) is 0 Å². The quantitative estimate of drug-likeness (QED) is 0.832. The summed E-state index contributed by atoms with van der Waals surface area (Å²) in [7, 11) is 2.11. The molecular weight excluding hydrogens is 262 g/mol. The second kappa shape index (κ2) is 6.46. The Labute approximate surface area is 128 Å². The molecule has 2 atom stereocenters. The average molecular weight is 291 g/mol. The topological polar surface area (TPSA) is 36.3 Å². The van der Waals surface area contributed by atoms with Crippen molar-refractivity contribution in [2.75, 3.05) is 39.8 Å². The van der Waals surface area contributed by atoms with Gasteiger partial charge in [-0.3, -0.25) is 14.5 Å². The zero-order valence-corrected chi connectivity index (χ0v) is 13.7. The molecule has 1 N–H and O–H groups in total. The second-order valence-electron chi connectivity index (χ2n) is 6.30. The Kier molecular flexibility index (Phi) is 4.62. The van der Waals surface area contributed by atoms with Crippen LogP contribution in [0, 0.1) is 0 Å². The number of aromatic nitrogens is 2. The van der Waals surface area contributed by atoms with E-state index < -0.39 is 0 Å². The van der Waals surface area contributed by atoms with Gasteiger partial charge in [0.2, 0.25) is 0 Å². The van der Waals surface area contributed by atoms with Gasteiger partial charge in [-0.1, -0.05) is 6.92 Å². The van der Waals surface area contributed by atoms with Crippen molar-refractivity contribution in [1.29, 1.82) is 0 Å².